The second-order valence-corrected chi connectivity index (χ2v) is 6.23. The molecule has 0 radical (unpaired) electrons. The second-order valence-electron chi connectivity index (χ2n) is 5.21. The molecule has 1 N–H and O–H groups in total. The lowest BCUT2D eigenvalue weighted by atomic mass is 10.2. The first-order chi connectivity index (χ1) is 13.5. The molecule has 144 valence electrons. The van der Waals surface area contributed by atoms with E-state index in [1.165, 1.54) is 31.0 Å². The Morgan fingerprint density at radius 3 is 2.71 bits per heavy atom. The van der Waals surface area contributed by atoms with E-state index in [0.717, 1.165) is 6.07 Å². The van der Waals surface area contributed by atoms with Crippen LogP contribution in [-0.4, -0.2) is 36.3 Å². The Kier molecular flexibility index (Phi) is 7.36. The Labute approximate surface area is 164 Å². The van der Waals surface area contributed by atoms with Crippen molar-refractivity contribution in [1.29, 1.82) is 5.26 Å². The minimum atomic E-state index is -0.928. The van der Waals surface area contributed by atoms with Crippen molar-refractivity contribution in [3.63, 3.8) is 0 Å². The van der Waals surface area contributed by atoms with Crippen LogP contribution in [0.4, 0.5) is 11.4 Å². The lowest BCUT2D eigenvalue weighted by Gasteiger charge is -2.11. The zero-order chi connectivity index (χ0) is 20.5. The highest BCUT2D eigenvalue weighted by molar-refractivity contribution is 7.99. The SMILES string of the molecule is COc1ccc([N+](=O)[O-])cc1C(=O)OCC(=O)Nc1ccccc1SCC#N. The molecule has 0 saturated carbocycles. The van der Waals surface area contributed by atoms with Crippen molar-refractivity contribution in [3.8, 4) is 11.8 Å². The summed E-state index contributed by atoms with van der Waals surface area (Å²) in [5.41, 5.74) is 0.0202. The van der Waals surface area contributed by atoms with Crippen LogP contribution >= 0.6 is 11.8 Å². The van der Waals surface area contributed by atoms with Gasteiger partial charge in [0.2, 0.25) is 0 Å². The maximum absolute atomic E-state index is 12.2. The quantitative estimate of drug-likeness (QED) is 0.309. The van der Waals surface area contributed by atoms with Gasteiger partial charge in [-0.15, -0.1) is 11.8 Å². The van der Waals surface area contributed by atoms with Gasteiger partial charge in [0.05, 0.1) is 29.5 Å². The lowest BCUT2D eigenvalue weighted by Crippen LogP contribution is -2.21. The summed E-state index contributed by atoms with van der Waals surface area (Å²) in [6.07, 6.45) is 0. The normalized spacial score (nSPS) is 9.86. The lowest BCUT2D eigenvalue weighted by molar-refractivity contribution is -0.384. The largest absolute Gasteiger partial charge is 0.496 e. The van der Waals surface area contributed by atoms with E-state index in [4.69, 9.17) is 14.7 Å². The molecule has 0 aliphatic rings. The van der Waals surface area contributed by atoms with E-state index in [0.29, 0.717) is 10.6 Å². The first-order valence-electron chi connectivity index (χ1n) is 7.84. The minimum absolute atomic E-state index is 0.0919. The standard InChI is InChI=1S/C18H15N3O6S/c1-26-15-7-6-12(21(24)25)10-13(15)18(23)27-11-17(22)20-14-4-2-3-5-16(14)28-9-8-19/h2-7,10H,9,11H2,1H3,(H,20,22). The highest BCUT2D eigenvalue weighted by Gasteiger charge is 2.20. The summed E-state index contributed by atoms with van der Waals surface area (Å²) in [4.78, 5) is 35.2. The molecule has 1 amide bonds. The molecule has 0 heterocycles. The maximum atomic E-state index is 12.2. The van der Waals surface area contributed by atoms with Gasteiger partial charge in [0.1, 0.15) is 11.3 Å². The number of rotatable bonds is 8. The smallest absolute Gasteiger partial charge is 0.342 e. The molecule has 0 aliphatic heterocycles. The summed E-state index contributed by atoms with van der Waals surface area (Å²) < 4.78 is 9.95. The van der Waals surface area contributed by atoms with Gasteiger partial charge in [-0.25, -0.2) is 4.79 Å². The number of amides is 1. The number of methoxy groups -OCH3 is 1. The van der Waals surface area contributed by atoms with Crippen LogP contribution in [0.5, 0.6) is 5.75 Å². The van der Waals surface area contributed by atoms with Gasteiger partial charge in [-0.1, -0.05) is 12.1 Å². The predicted molar refractivity (Wildman–Crippen MR) is 101 cm³/mol. The number of benzene rings is 2. The third-order valence-corrected chi connectivity index (χ3v) is 4.34. The molecule has 0 unspecified atom stereocenters. The number of hydrogen-bond donors (Lipinski definition) is 1. The molecular formula is C18H15N3O6S. The van der Waals surface area contributed by atoms with Gasteiger partial charge in [0.15, 0.2) is 6.61 Å². The van der Waals surface area contributed by atoms with Gasteiger partial charge in [-0.2, -0.15) is 5.26 Å². The Hall–Kier alpha value is -3.58. The summed E-state index contributed by atoms with van der Waals surface area (Å²) >= 11 is 1.26. The number of nitro benzene ring substituents is 1. The molecule has 0 atom stereocenters. The molecule has 0 saturated heterocycles. The van der Waals surface area contributed by atoms with Crippen LogP contribution in [-0.2, 0) is 9.53 Å². The topological polar surface area (TPSA) is 132 Å². The summed E-state index contributed by atoms with van der Waals surface area (Å²) in [6, 6.07) is 12.4. The van der Waals surface area contributed by atoms with Gasteiger partial charge < -0.3 is 14.8 Å². The number of para-hydroxylation sites is 1. The fourth-order valence-corrected chi connectivity index (χ4v) is 2.84. The second kappa shape index (κ2) is 9.94. The van der Waals surface area contributed by atoms with Crippen molar-refractivity contribution >= 4 is 35.0 Å². The van der Waals surface area contributed by atoms with Crippen molar-refractivity contribution in [2.24, 2.45) is 0 Å². The van der Waals surface area contributed by atoms with E-state index in [2.05, 4.69) is 5.32 Å². The number of thioether (sulfide) groups is 1. The number of ether oxygens (including phenoxy) is 2. The first kappa shape index (κ1) is 20.7. The molecule has 2 rings (SSSR count). The number of non-ortho nitro benzene ring substituents is 1. The molecule has 0 spiro atoms. The molecule has 28 heavy (non-hydrogen) atoms. The Bertz CT molecular complexity index is 941. The Balaban J connectivity index is 2.04. The molecule has 0 bridgehead atoms. The molecule has 2 aromatic carbocycles. The summed E-state index contributed by atoms with van der Waals surface area (Å²) in [5.74, 6) is -1.21. The highest BCUT2D eigenvalue weighted by atomic mass is 32.2. The van der Waals surface area contributed by atoms with Crippen LogP contribution in [0.15, 0.2) is 47.4 Å². The van der Waals surface area contributed by atoms with Crippen molar-refractivity contribution in [2.75, 3.05) is 24.8 Å². The molecule has 2 aromatic rings. The Morgan fingerprint density at radius 1 is 1.29 bits per heavy atom. The number of nitriles is 1. The number of nitrogens with zero attached hydrogens (tertiary/aromatic N) is 2. The van der Waals surface area contributed by atoms with E-state index in [-0.39, 0.29) is 22.8 Å². The number of carbonyl (C=O) groups excluding carboxylic acids is 2. The van der Waals surface area contributed by atoms with E-state index >= 15 is 0 Å². The van der Waals surface area contributed by atoms with E-state index < -0.39 is 23.4 Å². The number of carbonyl (C=O) groups is 2. The summed E-state index contributed by atoms with van der Waals surface area (Å²) in [5, 5.41) is 22.2. The summed E-state index contributed by atoms with van der Waals surface area (Å²) in [7, 11) is 1.31. The number of nitro groups is 1. The molecule has 0 fully saturated rings. The Morgan fingerprint density at radius 2 is 2.04 bits per heavy atom. The number of anilines is 1. The van der Waals surface area contributed by atoms with Gasteiger partial charge in [-0.3, -0.25) is 14.9 Å². The zero-order valence-corrected chi connectivity index (χ0v) is 15.5. The van der Waals surface area contributed by atoms with Gasteiger partial charge in [0, 0.05) is 17.0 Å². The van der Waals surface area contributed by atoms with Crippen LogP contribution in [0, 0.1) is 21.4 Å². The average molecular weight is 401 g/mol. The van der Waals surface area contributed by atoms with E-state index in [9.17, 15) is 19.7 Å². The van der Waals surface area contributed by atoms with Crippen LogP contribution in [0.3, 0.4) is 0 Å². The van der Waals surface area contributed by atoms with Crippen LogP contribution in [0.1, 0.15) is 10.4 Å². The van der Waals surface area contributed by atoms with Crippen LogP contribution < -0.4 is 10.1 Å². The van der Waals surface area contributed by atoms with Crippen molar-refractivity contribution in [2.45, 2.75) is 4.90 Å². The van der Waals surface area contributed by atoms with Crippen molar-refractivity contribution < 1.29 is 24.0 Å². The highest BCUT2D eigenvalue weighted by Crippen LogP contribution is 2.27. The third-order valence-electron chi connectivity index (χ3n) is 3.40. The first-order valence-corrected chi connectivity index (χ1v) is 8.83. The molecule has 0 aromatic heterocycles. The van der Waals surface area contributed by atoms with Gasteiger partial charge in [-0.05, 0) is 18.2 Å². The van der Waals surface area contributed by atoms with Crippen LogP contribution in [0.25, 0.3) is 0 Å². The number of hydrogen-bond acceptors (Lipinski definition) is 8. The van der Waals surface area contributed by atoms with Crippen LogP contribution in [0.2, 0.25) is 0 Å². The van der Waals surface area contributed by atoms with Gasteiger partial charge in [0.25, 0.3) is 11.6 Å². The molecule has 9 nitrogen and oxygen atoms in total. The number of nitrogens with one attached hydrogen (secondary N) is 1. The third kappa shape index (κ3) is 5.46. The van der Waals surface area contributed by atoms with E-state index in [1.54, 1.807) is 24.3 Å². The monoisotopic (exact) mass is 401 g/mol. The van der Waals surface area contributed by atoms with E-state index in [1.807, 2.05) is 6.07 Å². The molecule has 10 heteroatoms. The average Bonchev–Trinajstić information content (AvgIpc) is 2.70. The van der Waals surface area contributed by atoms with Crippen molar-refractivity contribution in [3.05, 3.63) is 58.1 Å². The molecular weight excluding hydrogens is 386 g/mol. The van der Waals surface area contributed by atoms with Gasteiger partial charge >= 0.3 is 5.97 Å². The van der Waals surface area contributed by atoms with Crippen molar-refractivity contribution in [1.82, 2.24) is 0 Å². The fraction of sp³-hybridized carbons (Fsp3) is 0.167. The maximum Gasteiger partial charge on any atom is 0.342 e. The zero-order valence-electron chi connectivity index (χ0n) is 14.7. The predicted octanol–water partition coefficient (Wildman–Crippen LogP) is 3.01. The summed E-state index contributed by atoms with van der Waals surface area (Å²) in [6.45, 7) is -0.595. The number of esters is 1. The molecule has 0 aliphatic carbocycles. The minimum Gasteiger partial charge on any atom is -0.496 e. The fourth-order valence-electron chi connectivity index (χ4n) is 2.17.